The first-order valence-electron chi connectivity index (χ1n) is 8.75. The molecule has 1 fully saturated rings. The molecule has 1 N–H and O–H groups in total. The van der Waals surface area contributed by atoms with Crippen molar-refractivity contribution in [1.29, 1.82) is 0 Å². The Bertz CT molecular complexity index is 603. The zero-order valence-electron chi connectivity index (χ0n) is 14.2. The van der Waals surface area contributed by atoms with Crippen LogP contribution in [0, 0.1) is 0 Å². The van der Waals surface area contributed by atoms with E-state index in [2.05, 4.69) is 15.2 Å². The van der Waals surface area contributed by atoms with Gasteiger partial charge >= 0.3 is 0 Å². The summed E-state index contributed by atoms with van der Waals surface area (Å²) in [6, 6.07) is 4.13. The molecule has 0 aromatic carbocycles. The topological polar surface area (TPSA) is 63.3 Å². The van der Waals surface area contributed by atoms with E-state index in [0.29, 0.717) is 13.0 Å². The highest BCUT2D eigenvalue weighted by atomic mass is 16.3. The van der Waals surface area contributed by atoms with Crippen LogP contribution in [-0.4, -0.2) is 40.0 Å². The molecule has 0 unspecified atom stereocenters. The summed E-state index contributed by atoms with van der Waals surface area (Å²) in [6.45, 7) is 4.73. The molecule has 0 aliphatic carbocycles. The Hall–Kier alpha value is -2.08. The molecule has 0 spiro atoms. The lowest BCUT2D eigenvalue weighted by molar-refractivity contribution is -0.122. The largest absolute Gasteiger partial charge is 0.468 e. The van der Waals surface area contributed by atoms with E-state index < -0.39 is 0 Å². The van der Waals surface area contributed by atoms with E-state index in [1.54, 1.807) is 18.8 Å². The third-order valence-corrected chi connectivity index (χ3v) is 4.71. The molecule has 0 saturated carbocycles. The first-order chi connectivity index (χ1) is 11.7. The quantitative estimate of drug-likeness (QED) is 0.848. The van der Waals surface area contributed by atoms with Crippen LogP contribution in [0.3, 0.4) is 0 Å². The molecule has 0 bridgehead atoms. The van der Waals surface area contributed by atoms with Gasteiger partial charge in [-0.25, -0.2) is 4.98 Å². The zero-order chi connectivity index (χ0) is 16.8. The molecule has 2 atom stereocenters. The normalized spacial score (nSPS) is 18.2. The van der Waals surface area contributed by atoms with Crippen molar-refractivity contribution >= 4 is 5.91 Å². The van der Waals surface area contributed by atoms with Gasteiger partial charge in [-0.1, -0.05) is 6.42 Å². The number of piperidine rings is 1. The average Bonchev–Trinajstić information content (AvgIpc) is 3.30. The molecule has 24 heavy (non-hydrogen) atoms. The van der Waals surface area contributed by atoms with Gasteiger partial charge in [0.25, 0.3) is 0 Å². The molecule has 6 nitrogen and oxygen atoms in total. The number of nitrogens with one attached hydrogen (secondary N) is 1. The number of rotatable bonds is 7. The number of carbonyl (C=O) groups is 1. The monoisotopic (exact) mass is 330 g/mol. The minimum absolute atomic E-state index is 0.0600. The number of aromatic nitrogens is 2. The molecule has 130 valence electrons. The Morgan fingerprint density at radius 1 is 1.38 bits per heavy atom. The van der Waals surface area contributed by atoms with Crippen LogP contribution in [0.15, 0.2) is 41.5 Å². The Labute approximate surface area is 142 Å². The fourth-order valence-electron chi connectivity index (χ4n) is 3.31. The maximum Gasteiger partial charge on any atom is 0.222 e. The summed E-state index contributed by atoms with van der Waals surface area (Å²) >= 11 is 0. The number of imidazole rings is 1. The van der Waals surface area contributed by atoms with Crippen molar-refractivity contribution in [3.63, 3.8) is 0 Å². The van der Waals surface area contributed by atoms with Crippen LogP contribution in [0.25, 0.3) is 0 Å². The number of likely N-dealkylation sites (tertiary alicyclic amines) is 1. The molecule has 1 amide bonds. The van der Waals surface area contributed by atoms with Crippen LogP contribution >= 0.6 is 0 Å². The summed E-state index contributed by atoms with van der Waals surface area (Å²) in [5, 5.41) is 3.09. The molecule has 2 aromatic rings. The Morgan fingerprint density at radius 3 is 2.88 bits per heavy atom. The second kappa shape index (κ2) is 8.15. The fourth-order valence-corrected chi connectivity index (χ4v) is 3.31. The maximum absolute atomic E-state index is 12.3. The van der Waals surface area contributed by atoms with E-state index in [0.717, 1.165) is 18.8 Å². The highest BCUT2D eigenvalue weighted by molar-refractivity contribution is 5.76. The van der Waals surface area contributed by atoms with E-state index >= 15 is 0 Å². The summed E-state index contributed by atoms with van der Waals surface area (Å²) in [5.41, 5.74) is 0. The van der Waals surface area contributed by atoms with Crippen molar-refractivity contribution < 1.29 is 9.21 Å². The van der Waals surface area contributed by atoms with Crippen molar-refractivity contribution in [1.82, 2.24) is 19.8 Å². The SMILES string of the molecule is C[C@@H](CC(=O)NC[C@@H](c1ccco1)N1CCCCC1)n1ccnc1. The number of hydrogen-bond donors (Lipinski definition) is 1. The molecule has 6 heteroatoms. The number of hydrogen-bond acceptors (Lipinski definition) is 4. The molecule has 0 radical (unpaired) electrons. The number of amides is 1. The molecular weight excluding hydrogens is 304 g/mol. The third-order valence-electron chi connectivity index (χ3n) is 4.71. The first kappa shape index (κ1) is 16.8. The standard InChI is InChI=1S/C18H26N4O2/c1-15(22-10-7-19-14-22)12-18(23)20-13-16(17-6-5-11-24-17)21-8-3-2-4-9-21/h5-7,10-11,14-16H,2-4,8-9,12-13H2,1H3,(H,20,23)/t15-,16-/m0/s1. The lowest BCUT2D eigenvalue weighted by atomic mass is 10.1. The van der Waals surface area contributed by atoms with Gasteiger partial charge in [0.05, 0.1) is 18.6 Å². The molecule has 3 heterocycles. The lowest BCUT2D eigenvalue weighted by Gasteiger charge is -2.33. The highest BCUT2D eigenvalue weighted by Crippen LogP contribution is 2.24. The fraction of sp³-hybridized carbons (Fsp3) is 0.556. The van der Waals surface area contributed by atoms with Crippen molar-refractivity contribution in [2.24, 2.45) is 0 Å². The van der Waals surface area contributed by atoms with Gasteiger partial charge in [-0.15, -0.1) is 0 Å². The summed E-state index contributed by atoms with van der Waals surface area (Å²) < 4.78 is 7.57. The van der Waals surface area contributed by atoms with Crippen molar-refractivity contribution in [2.75, 3.05) is 19.6 Å². The zero-order valence-corrected chi connectivity index (χ0v) is 14.2. The molecule has 1 aliphatic heterocycles. The van der Waals surface area contributed by atoms with Gasteiger partial charge in [0.15, 0.2) is 0 Å². The van der Waals surface area contributed by atoms with Crippen molar-refractivity contribution in [3.8, 4) is 0 Å². The van der Waals surface area contributed by atoms with Gasteiger partial charge in [0.1, 0.15) is 5.76 Å². The Kier molecular flexibility index (Phi) is 5.69. The summed E-state index contributed by atoms with van der Waals surface area (Å²) in [6.07, 6.45) is 11.2. The molecule has 1 aliphatic rings. The predicted molar refractivity (Wildman–Crippen MR) is 91.4 cm³/mol. The van der Waals surface area contributed by atoms with E-state index in [4.69, 9.17) is 4.42 Å². The van der Waals surface area contributed by atoms with Crippen molar-refractivity contribution in [2.45, 2.75) is 44.7 Å². The molecule has 2 aromatic heterocycles. The van der Waals surface area contributed by atoms with Gasteiger partial charge in [0.2, 0.25) is 5.91 Å². The highest BCUT2D eigenvalue weighted by Gasteiger charge is 2.25. The third kappa shape index (κ3) is 4.26. The predicted octanol–water partition coefficient (Wildman–Crippen LogP) is 2.77. The Balaban J connectivity index is 1.55. The van der Waals surface area contributed by atoms with Crippen molar-refractivity contribution in [3.05, 3.63) is 42.9 Å². The van der Waals surface area contributed by atoms with Crippen LogP contribution in [0.1, 0.15) is 50.5 Å². The second-order valence-corrected chi connectivity index (χ2v) is 6.49. The van der Waals surface area contributed by atoms with Gasteiger partial charge < -0.3 is 14.3 Å². The van der Waals surface area contributed by atoms with Crippen LogP contribution in [-0.2, 0) is 4.79 Å². The lowest BCUT2D eigenvalue weighted by Crippen LogP contribution is -2.40. The number of nitrogens with zero attached hydrogens (tertiary/aromatic N) is 3. The van der Waals surface area contributed by atoms with Crippen LogP contribution < -0.4 is 5.32 Å². The van der Waals surface area contributed by atoms with Crippen LogP contribution in [0.4, 0.5) is 0 Å². The smallest absolute Gasteiger partial charge is 0.222 e. The van der Waals surface area contributed by atoms with E-state index in [1.165, 1.54) is 19.3 Å². The van der Waals surface area contributed by atoms with E-state index in [1.807, 2.05) is 29.8 Å². The van der Waals surface area contributed by atoms with Crippen LogP contribution in [0.5, 0.6) is 0 Å². The maximum atomic E-state index is 12.3. The molecule has 3 rings (SSSR count). The van der Waals surface area contributed by atoms with Crippen LogP contribution in [0.2, 0.25) is 0 Å². The van der Waals surface area contributed by atoms with Gasteiger partial charge in [-0.2, -0.15) is 0 Å². The van der Waals surface area contributed by atoms with E-state index in [-0.39, 0.29) is 18.0 Å². The summed E-state index contributed by atoms with van der Waals surface area (Å²) in [4.78, 5) is 18.8. The number of carbonyl (C=O) groups excluding carboxylic acids is 1. The Morgan fingerprint density at radius 2 is 2.21 bits per heavy atom. The molecular formula is C18H26N4O2. The second-order valence-electron chi connectivity index (χ2n) is 6.49. The summed E-state index contributed by atoms with van der Waals surface area (Å²) in [7, 11) is 0. The summed E-state index contributed by atoms with van der Waals surface area (Å²) in [5.74, 6) is 0.990. The van der Waals surface area contributed by atoms with E-state index in [9.17, 15) is 4.79 Å². The minimum atomic E-state index is 0.0600. The average molecular weight is 330 g/mol. The van der Waals surface area contributed by atoms with Gasteiger partial charge in [-0.05, 0) is 45.0 Å². The first-order valence-corrected chi connectivity index (χ1v) is 8.75. The van der Waals surface area contributed by atoms with Gasteiger partial charge in [0, 0.05) is 31.4 Å². The minimum Gasteiger partial charge on any atom is -0.468 e. The number of furan rings is 1. The van der Waals surface area contributed by atoms with Gasteiger partial charge in [-0.3, -0.25) is 9.69 Å². The molecule has 1 saturated heterocycles.